The van der Waals surface area contributed by atoms with Crippen LogP contribution in [0.15, 0.2) is 12.1 Å². The zero-order chi connectivity index (χ0) is 13.0. The van der Waals surface area contributed by atoms with Crippen LogP contribution in [0.1, 0.15) is 21.5 Å². The summed E-state index contributed by atoms with van der Waals surface area (Å²) in [4.78, 5) is 11.7. The summed E-state index contributed by atoms with van der Waals surface area (Å²) in [5.74, 6) is -0.829. The number of aryl methyl sites for hydroxylation is 2. The third-order valence-corrected chi connectivity index (χ3v) is 2.41. The summed E-state index contributed by atoms with van der Waals surface area (Å²) in [5, 5.41) is 27.4. The monoisotopic (exact) mass is 240 g/mol. The maximum absolute atomic E-state index is 11.7. The van der Waals surface area contributed by atoms with Gasteiger partial charge in [-0.1, -0.05) is 12.1 Å². The Labute approximate surface area is 99.3 Å². The average Bonchev–Trinajstić information content (AvgIpc) is 2.31. The Morgan fingerprint density at radius 2 is 1.94 bits per heavy atom. The normalized spacial score (nSPS) is 12.2. The highest BCUT2D eigenvalue weighted by atomic mass is 16.5. The Hall–Kier alpha value is -1.59. The van der Waals surface area contributed by atoms with Crippen molar-refractivity contribution >= 4 is 5.97 Å². The average molecular weight is 240 g/mol. The summed E-state index contributed by atoms with van der Waals surface area (Å²) < 4.78 is 4.79. The van der Waals surface area contributed by atoms with Crippen molar-refractivity contribution in [3.05, 3.63) is 28.8 Å². The predicted octanol–water partition coefficient (Wildman–Crippen LogP) is 0.519. The van der Waals surface area contributed by atoms with Crippen LogP contribution >= 0.6 is 0 Å². The van der Waals surface area contributed by atoms with Crippen LogP contribution in [0.2, 0.25) is 0 Å². The molecule has 0 radical (unpaired) electrons. The van der Waals surface area contributed by atoms with Crippen LogP contribution in [0.5, 0.6) is 5.75 Å². The van der Waals surface area contributed by atoms with E-state index in [0.29, 0.717) is 11.1 Å². The minimum atomic E-state index is -1.11. The summed E-state index contributed by atoms with van der Waals surface area (Å²) >= 11 is 0. The second-order valence-corrected chi connectivity index (χ2v) is 3.86. The summed E-state index contributed by atoms with van der Waals surface area (Å²) in [6.45, 7) is 2.57. The minimum absolute atomic E-state index is 0.0927. The number of ether oxygens (including phenoxy) is 1. The Balaban J connectivity index is 2.86. The summed E-state index contributed by atoms with van der Waals surface area (Å²) in [5.41, 5.74) is 1.26. The number of aliphatic hydroxyl groups is 2. The molecule has 94 valence electrons. The molecule has 1 aromatic carbocycles. The Bertz CT molecular complexity index is 414. The second kappa shape index (κ2) is 5.65. The fourth-order valence-electron chi connectivity index (χ4n) is 1.35. The first-order valence-electron chi connectivity index (χ1n) is 5.22. The zero-order valence-electron chi connectivity index (χ0n) is 9.80. The van der Waals surface area contributed by atoms with Crippen molar-refractivity contribution in [1.29, 1.82) is 0 Å². The second-order valence-electron chi connectivity index (χ2n) is 3.86. The van der Waals surface area contributed by atoms with Crippen molar-refractivity contribution in [2.24, 2.45) is 0 Å². The van der Waals surface area contributed by atoms with E-state index in [4.69, 9.17) is 14.9 Å². The van der Waals surface area contributed by atoms with Gasteiger partial charge >= 0.3 is 5.97 Å². The lowest BCUT2D eigenvalue weighted by atomic mass is 10.0. The smallest absolute Gasteiger partial charge is 0.342 e. The number of rotatable bonds is 4. The van der Waals surface area contributed by atoms with E-state index in [9.17, 15) is 9.90 Å². The van der Waals surface area contributed by atoms with E-state index in [2.05, 4.69) is 0 Å². The van der Waals surface area contributed by atoms with Crippen LogP contribution in [0.4, 0.5) is 0 Å². The van der Waals surface area contributed by atoms with Gasteiger partial charge in [-0.2, -0.15) is 0 Å². The molecule has 0 bridgehead atoms. The maximum Gasteiger partial charge on any atom is 0.342 e. The van der Waals surface area contributed by atoms with Crippen LogP contribution in [0.25, 0.3) is 0 Å². The van der Waals surface area contributed by atoms with Gasteiger partial charge in [0.25, 0.3) is 0 Å². The van der Waals surface area contributed by atoms with Gasteiger partial charge in [0.05, 0.1) is 6.61 Å². The largest absolute Gasteiger partial charge is 0.507 e. The van der Waals surface area contributed by atoms with E-state index in [0.717, 1.165) is 0 Å². The number of phenols is 1. The van der Waals surface area contributed by atoms with E-state index in [1.807, 2.05) is 0 Å². The molecule has 17 heavy (non-hydrogen) atoms. The van der Waals surface area contributed by atoms with Crippen LogP contribution in [0.3, 0.4) is 0 Å². The summed E-state index contributed by atoms with van der Waals surface area (Å²) in [6.07, 6.45) is -1.11. The molecular formula is C12H16O5. The SMILES string of the molecule is Cc1ccc(C)c(C(=O)OC[C@@H](O)CO)c1O. The molecule has 0 fully saturated rings. The molecule has 0 unspecified atom stereocenters. The standard InChI is InChI=1S/C12H16O5/c1-7-3-4-8(2)11(15)10(7)12(16)17-6-9(14)5-13/h3-4,9,13-15H,5-6H2,1-2H3/t9-/m0/s1. The lowest BCUT2D eigenvalue weighted by molar-refractivity contribution is 0.00906. The highest BCUT2D eigenvalue weighted by molar-refractivity contribution is 5.94. The number of hydrogen-bond donors (Lipinski definition) is 3. The molecule has 0 spiro atoms. The van der Waals surface area contributed by atoms with Crippen molar-refractivity contribution in [1.82, 2.24) is 0 Å². The molecular weight excluding hydrogens is 224 g/mol. The molecule has 1 aromatic rings. The molecule has 3 N–H and O–H groups in total. The van der Waals surface area contributed by atoms with Gasteiger partial charge in [-0.05, 0) is 25.0 Å². The molecule has 0 aromatic heterocycles. The van der Waals surface area contributed by atoms with Gasteiger partial charge in [0, 0.05) is 0 Å². The molecule has 1 rings (SSSR count). The zero-order valence-corrected chi connectivity index (χ0v) is 9.80. The topological polar surface area (TPSA) is 87.0 Å². The van der Waals surface area contributed by atoms with Crippen molar-refractivity contribution < 1.29 is 24.9 Å². The first-order chi connectivity index (χ1) is 7.97. The number of carbonyl (C=O) groups is 1. The van der Waals surface area contributed by atoms with Crippen molar-refractivity contribution in [3.8, 4) is 5.75 Å². The number of esters is 1. The lowest BCUT2D eigenvalue weighted by Gasteiger charge is -2.12. The van der Waals surface area contributed by atoms with E-state index >= 15 is 0 Å². The van der Waals surface area contributed by atoms with Crippen molar-refractivity contribution in [2.75, 3.05) is 13.2 Å². The number of carbonyl (C=O) groups excluding carboxylic acids is 1. The van der Waals surface area contributed by atoms with Gasteiger partial charge in [0.2, 0.25) is 0 Å². The van der Waals surface area contributed by atoms with Gasteiger partial charge in [-0.25, -0.2) is 4.79 Å². The quantitative estimate of drug-likeness (QED) is 0.668. The Morgan fingerprint density at radius 1 is 1.35 bits per heavy atom. The van der Waals surface area contributed by atoms with Gasteiger partial charge in [-0.15, -0.1) is 0 Å². The van der Waals surface area contributed by atoms with Gasteiger partial charge in [0.1, 0.15) is 24.0 Å². The van der Waals surface area contributed by atoms with Crippen LogP contribution in [0, 0.1) is 13.8 Å². The first kappa shape index (κ1) is 13.5. The van der Waals surface area contributed by atoms with E-state index in [1.54, 1.807) is 26.0 Å². The van der Waals surface area contributed by atoms with E-state index in [1.165, 1.54) is 0 Å². The first-order valence-corrected chi connectivity index (χ1v) is 5.22. The molecule has 5 nitrogen and oxygen atoms in total. The molecule has 0 saturated heterocycles. The summed E-state index contributed by atoms with van der Waals surface area (Å²) in [7, 11) is 0. The highest BCUT2D eigenvalue weighted by Gasteiger charge is 2.18. The van der Waals surface area contributed by atoms with E-state index in [-0.39, 0.29) is 17.9 Å². The van der Waals surface area contributed by atoms with Gasteiger partial charge in [0.15, 0.2) is 0 Å². The number of benzene rings is 1. The van der Waals surface area contributed by atoms with Gasteiger partial charge in [-0.3, -0.25) is 0 Å². The number of aromatic hydroxyl groups is 1. The molecule has 0 aliphatic carbocycles. The third kappa shape index (κ3) is 3.18. The van der Waals surface area contributed by atoms with Crippen LogP contribution in [-0.2, 0) is 4.74 Å². The molecule has 0 amide bonds. The maximum atomic E-state index is 11.7. The fourth-order valence-corrected chi connectivity index (χ4v) is 1.35. The Morgan fingerprint density at radius 3 is 2.53 bits per heavy atom. The van der Waals surface area contributed by atoms with Crippen molar-refractivity contribution in [2.45, 2.75) is 20.0 Å². The predicted molar refractivity (Wildman–Crippen MR) is 61.0 cm³/mol. The highest BCUT2D eigenvalue weighted by Crippen LogP contribution is 2.25. The molecule has 5 heteroatoms. The Kier molecular flexibility index (Phi) is 4.48. The third-order valence-electron chi connectivity index (χ3n) is 2.41. The summed E-state index contributed by atoms with van der Waals surface area (Å²) in [6, 6.07) is 3.40. The molecule has 0 aliphatic rings. The number of hydrogen-bond acceptors (Lipinski definition) is 5. The number of phenolic OH excluding ortho intramolecular Hbond substituents is 1. The molecule has 0 aliphatic heterocycles. The molecule has 0 heterocycles. The number of aliphatic hydroxyl groups excluding tert-OH is 2. The van der Waals surface area contributed by atoms with Crippen LogP contribution in [-0.4, -0.2) is 40.6 Å². The minimum Gasteiger partial charge on any atom is -0.507 e. The fraction of sp³-hybridized carbons (Fsp3) is 0.417. The van der Waals surface area contributed by atoms with E-state index < -0.39 is 18.7 Å². The lowest BCUT2D eigenvalue weighted by Crippen LogP contribution is -2.22. The molecule has 0 saturated carbocycles. The van der Waals surface area contributed by atoms with Crippen LogP contribution < -0.4 is 0 Å². The van der Waals surface area contributed by atoms with Crippen molar-refractivity contribution in [3.63, 3.8) is 0 Å². The molecule has 1 atom stereocenters. The van der Waals surface area contributed by atoms with Gasteiger partial charge < -0.3 is 20.1 Å².